The molecule has 6 nitrogen and oxygen atoms in total. The molecule has 25 heavy (non-hydrogen) atoms. The van der Waals surface area contributed by atoms with Crippen LogP contribution in [0.4, 0.5) is 16.2 Å². The predicted octanol–water partition coefficient (Wildman–Crippen LogP) is 3.46. The molecule has 1 heterocycles. The van der Waals surface area contributed by atoms with Gasteiger partial charge in [-0.05, 0) is 58.9 Å². The quantitative estimate of drug-likeness (QED) is 0.909. The Kier molecular flexibility index (Phi) is 5.46. The van der Waals surface area contributed by atoms with Crippen molar-refractivity contribution < 1.29 is 9.53 Å². The van der Waals surface area contributed by atoms with Crippen LogP contribution in [0.2, 0.25) is 0 Å². The van der Waals surface area contributed by atoms with Gasteiger partial charge in [0.25, 0.3) is 0 Å². The second-order valence-corrected chi connectivity index (χ2v) is 7.86. The number of nitriles is 1. The van der Waals surface area contributed by atoms with Crippen molar-refractivity contribution >= 4 is 17.5 Å². The van der Waals surface area contributed by atoms with Gasteiger partial charge in [0.1, 0.15) is 11.1 Å². The van der Waals surface area contributed by atoms with Gasteiger partial charge in [0.2, 0.25) is 0 Å². The number of hydrogen-bond donors (Lipinski definition) is 1. The highest BCUT2D eigenvalue weighted by Crippen LogP contribution is 2.22. The highest BCUT2D eigenvalue weighted by Gasteiger charge is 2.26. The summed E-state index contributed by atoms with van der Waals surface area (Å²) in [6, 6.07) is 10.3. The Labute approximate surface area is 150 Å². The van der Waals surface area contributed by atoms with Crippen LogP contribution in [0.1, 0.15) is 34.6 Å². The third kappa shape index (κ3) is 5.56. The SMILES string of the molecule is CC(C)(C#N)Nc1ccc(N2CCN(C(=O)OC(C)(C)C)CC2)cc1. The van der Waals surface area contributed by atoms with Gasteiger partial charge in [-0.1, -0.05) is 0 Å². The molecule has 0 radical (unpaired) electrons. The van der Waals surface area contributed by atoms with Crippen LogP contribution in [-0.2, 0) is 4.74 Å². The van der Waals surface area contributed by atoms with Crippen LogP contribution >= 0.6 is 0 Å². The van der Waals surface area contributed by atoms with Gasteiger partial charge in [-0.3, -0.25) is 0 Å². The van der Waals surface area contributed by atoms with Crippen molar-refractivity contribution in [1.29, 1.82) is 5.26 Å². The van der Waals surface area contributed by atoms with E-state index in [1.165, 1.54) is 0 Å². The molecule has 1 saturated heterocycles. The zero-order valence-electron chi connectivity index (χ0n) is 15.8. The maximum absolute atomic E-state index is 12.1. The Balaban J connectivity index is 1.91. The van der Waals surface area contributed by atoms with E-state index in [4.69, 9.17) is 10.00 Å². The number of amides is 1. The molecule has 0 saturated carbocycles. The fraction of sp³-hybridized carbons (Fsp3) is 0.579. The molecule has 0 aliphatic carbocycles. The number of benzene rings is 1. The zero-order chi connectivity index (χ0) is 18.7. The van der Waals surface area contributed by atoms with E-state index < -0.39 is 11.1 Å². The highest BCUT2D eigenvalue weighted by atomic mass is 16.6. The van der Waals surface area contributed by atoms with Crippen LogP contribution in [0.15, 0.2) is 24.3 Å². The van der Waals surface area contributed by atoms with Crippen LogP contribution in [0, 0.1) is 11.3 Å². The monoisotopic (exact) mass is 344 g/mol. The van der Waals surface area contributed by atoms with E-state index in [9.17, 15) is 4.79 Å². The van der Waals surface area contributed by atoms with Gasteiger partial charge in [-0.25, -0.2) is 4.79 Å². The maximum Gasteiger partial charge on any atom is 0.410 e. The summed E-state index contributed by atoms with van der Waals surface area (Å²) in [7, 11) is 0. The first kappa shape index (κ1) is 18.9. The molecular formula is C19H28N4O2. The molecule has 1 amide bonds. The van der Waals surface area contributed by atoms with Crippen molar-refractivity contribution in [1.82, 2.24) is 4.90 Å². The van der Waals surface area contributed by atoms with Gasteiger partial charge in [-0.15, -0.1) is 0 Å². The van der Waals surface area contributed by atoms with E-state index in [1.807, 2.05) is 58.9 Å². The summed E-state index contributed by atoms with van der Waals surface area (Å²) in [6.07, 6.45) is -0.245. The van der Waals surface area contributed by atoms with Gasteiger partial charge < -0.3 is 19.9 Å². The summed E-state index contributed by atoms with van der Waals surface area (Å²) in [5, 5.41) is 12.3. The molecular weight excluding hydrogens is 316 g/mol. The van der Waals surface area contributed by atoms with E-state index in [0.29, 0.717) is 13.1 Å². The summed E-state index contributed by atoms with van der Waals surface area (Å²) in [5.41, 5.74) is 0.973. The van der Waals surface area contributed by atoms with Gasteiger partial charge >= 0.3 is 6.09 Å². The molecule has 6 heteroatoms. The Hall–Kier alpha value is -2.42. The number of nitrogens with zero attached hydrogens (tertiary/aromatic N) is 3. The van der Waals surface area contributed by atoms with Crippen LogP contribution in [0.25, 0.3) is 0 Å². The van der Waals surface area contributed by atoms with Crippen molar-refractivity contribution in [2.24, 2.45) is 0 Å². The Morgan fingerprint density at radius 2 is 1.64 bits per heavy atom. The molecule has 0 unspecified atom stereocenters. The molecule has 1 N–H and O–H groups in total. The highest BCUT2D eigenvalue weighted by molar-refractivity contribution is 5.68. The van der Waals surface area contributed by atoms with Gasteiger partial charge in [0.15, 0.2) is 0 Å². The van der Waals surface area contributed by atoms with E-state index in [1.54, 1.807) is 4.90 Å². The van der Waals surface area contributed by atoms with Gasteiger partial charge in [0.05, 0.1) is 6.07 Å². The number of carbonyl (C=O) groups excluding carboxylic acids is 1. The number of carbonyl (C=O) groups is 1. The smallest absolute Gasteiger partial charge is 0.410 e. The Morgan fingerprint density at radius 3 is 2.12 bits per heavy atom. The molecule has 0 bridgehead atoms. The first-order chi connectivity index (χ1) is 11.6. The van der Waals surface area contributed by atoms with E-state index in [0.717, 1.165) is 24.5 Å². The summed E-state index contributed by atoms with van der Waals surface area (Å²) in [5.74, 6) is 0. The van der Waals surface area contributed by atoms with Crippen molar-refractivity contribution in [2.75, 3.05) is 36.4 Å². The van der Waals surface area contributed by atoms with Crippen molar-refractivity contribution in [3.05, 3.63) is 24.3 Å². The molecule has 0 atom stereocenters. The first-order valence-corrected chi connectivity index (χ1v) is 8.62. The zero-order valence-corrected chi connectivity index (χ0v) is 15.8. The van der Waals surface area contributed by atoms with Crippen molar-refractivity contribution in [3.8, 4) is 6.07 Å². The van der Waals surface area contributed by atoms with E-state index in [-0.39, 0.29) is 6.09 Å². The second kappa shape index (κ2) is 7.22. The number of piperazine rings is 1. The lowest BCUT2D eigenvalue weighted by Crippen LogP contribution is -2.50. The summed E-state index contributed by atoms with van der Waals surface area (Å²) in [6.45, 7) is 12.2. The van der Waals surface area contributed by atoms with Crippen LogP contribution < -0.4 is 10.2 Å². The predicted molar refractivity (Wildman–Crippen MR) is 99.8 cm³/mol. The fourth-order valence-corrected chi connectivity index (χ4v) is 2.62. The van der Waals surface area contributed by atoms with Gasteiger partial charge in [-0.2, -0.15) is 5.26 Å². The third-order valence-electron chi connectivity index (χ3n) is 3.90. The van der Waals surface area contributed by atoms with Crippen LogP contribution in [0.3, 0.4) is 0 Å². The Morgan fingerprint density at radius 1 is 1.08 bits per heavy atom. The average Bonchev–Trinajstić information content (AvgIpc) is 2.54. The largest absolute Gasteiger partial charge is 0.444 e. The number of ether oxygens (including phenoxy) is 1. The topological polar surface area (TPSA) is 68.6 Å². The molecule has 0 aromatic heterocycles. The van der Waals surface area contributed by atoms with Crippen LogP contribution in [0.5, 0.6) is 0 Å². The molecule has 1 aromatic carbocycles. The number of hydrogen-bond acceptors (Lipinski definition) is 5. The van der Waals surface area contributed by atoms with E-state index >= 15 is 0 Å². The lowest BCUT2D eigenvalue weighted by molar-refractivity contribution is 0.0240. The minimum absolute atomic E-state index is 0.245. The molecule has 1 aromatic rings. The fourth-order valence-electron chi connectivity index (χ4n) is 2.62. The number of anilines is 2. The molecule has 0 spiro atoms. The van der Waals surface area contributed by atoms with Crippen LogP contribution in [-0.4, -0.2) is 48.3 Å². The number of nitrogens with one attached hydrogen (secondary N) is 1. The number of rotatable bonds is 3. The summed E-state index contributed by atoms with van der Waals surface area (Å²) < 4.78 is 5.42. The lowest BCUT2D eigenvalue weighted by atomic mass is 10.1. The second-order valence-electron chi connectivity index (χ2n) is 7.86. The third-order valence-corrected chi connectivity index (χ3v) is 3.90. The molecule has 136 valence electrons. The van der Waals surface area contributed by atoms with Crippen molar-refractivity contribution in [3.63, 3.8) is 0 Å². The first-order valence-electron chi connectivity index (χ1n) is 8.62. The Bertz CT molecular complexity index is 633. The minimum Gasteiger partial charge on any atom is -0.444 e. The molecule has 1 aliphatic heterocycles. The minimum atomic E-state index is -0.597. The summed E-state index contributed by atoms with van der Waals surface area (Å²) >= 11 is 0. The standard InChI is InChI=1S/C19H28N4O2/c1-18(2,3)25-17(24)23-12-10-22(11-13-23)16-8-6-15(7-9-16)21-19(4,5)14-20/h6-9,21H,10-13H2,1-5H3. The molecule has 2 rings (SSSR count). The normalized spacial score (nSPS) is 15.5. The van der Waals surface area contributed by atoms with E-state index in [2.05, 4.69) is 16.3 Å². The molecule has 1 aliphatic rings. The van der Waals surface area contributed by atoms with Gasteiger partial charge in [0, 0.05) is 37.6 Å². The molecule has 1 fully saturated rings. The maximum atomic E-state index is 12.1. The summed E-state index contributed by atoms with van der Waals surface area (Å²) in [4.78, 5) is 16.1. The lowest BCUT2D eigenvalue weighted by Gasteiger charge is -2.36. The van der Waals surface area contributed by atoms with Crippen molar-refractivity contribution in [2.45, 2.75) is 45.8 Å². The average molecular weight is 344 g/mol.